The SMILES string of the molecule is C[C@@]1(/C=C/CO)COC2(CCCC2)O1. The van der Waals surface area contributed by atoms with E-state index < -0.39 is 0 Å². The van der Waals surface area contributed by atoms with E-state index in [-0.39, 0.29) is 18.0 Å². The van der Waals surface area contributed by atoms with Gasteiger partial charge >= 0.3 is 0 Å². The molecule has 1 atom stereocenters. The van der Waals surface area contributed by atoms with Crippen molar-refractivity contribution in [2.75, 3.05) is 13.2 Å². The summed E-state index contributed by atoms with van der Waals surface area (Å²) in [6.07, 6.45) is 8.03. The van der Waals surface area contributed by atoms with Crippen molar-refractivity contribution < 1.29 is 14.6 Å². The highest BCUT2D eigenvalue weighted by Crippen LogP contribution is 2.43. The lowest BCUT2D eigenvalue weighted by molar-refractivity contribution is -0.170. The molecule has 0 bridgehead atoms. The minimum absolute atomic E-state index is 0.0615. The molecule has 1 aliphatic carbocycles. The van der Waals surface area contributed by atoms with Gasteiger partial charge in [0.2, 0.25) is 0 Å². The molecule has 0 amide bonds. The molecule has 14 heavy (non-hydrogen) atoms. The lowest BCUT2D eigenvalue weighted by Gasteiger charge is -2.25. The third kappa shape index (κ3) is 1.85. The first kappa shape index (κ1) is 10.1. The van der Waals surface area contributed by atoms with E-state index in [1.807, 2.05) is 13.0 Å². The van der Waals surface area contributed by atoms with Crippen molar-refractivity contribution >= 4 is 0 Å². The quantitative estimate of drug-likeness (QED) is 0.685. The van der Waals surface area contributed by atoms with Gasteiger partial charge in [-0.05, 0) is 19.8 Å². The fourth-order valence-electron chi connectivity index (χ4n) is 2.30. The zero-order valence-corrected chi connectivity index (χ0v) is 8.66. The molecule has 0 radical (unpaired) electrons. The summed E-state index contributed by atoms with van der Waals surface area (Å²) in [5.74, 6) is -0.311. The Kier molecular flexibility index (Phi) is 2.64. The summed E-state index contributed by atoms with van der Waals surface area (Å²) in [6, 6.07) is 0. The van der Waals surface area contributed by atoms with E-state index in [0.717, 1.165) is 12.8 Å². The molecule has 2 fully saturated rings. The van der Waals surface area contributed by atoms with Gasteiger partial charge in [-0.2, -0.15) is 0 Å². The molecular formula is C11H18O3. The van der Waals surface area contributed by atoms with Gasteiger partial charge in [0.25, 0.3) is 0 Å². The molecule has 1 N–H and O–H groups in total. The van der Waals surface area contributed by atoms with Crippen molar-refractivity contribution in [3.8, 4) is 0 Å². The normalized spacial score (nSPS) is 36.1. The molecule has 1 aliphatic heterocycles. The van der Waals surface area contributed by atoms with Crippen LogP contribution in [0.2, 0.25) is 0 Å². The lowest BCUT2D eigenvalue weighted by Crippen LogP contribution is -2.31. The van der Waals surface area contributed by atoms with Crippen LogP contribution in [-0.2, 0) is 9.47 Å². The Balaban J connectivity index is 2.02. The van der Waals surface area contributed by atoms with E-state index in [1.165, 1.54) is 12.8 Å². The molecule has 0 aromatic heterocycles. The average molecular weight is 198 g/mol. The van der Waals surface area contributed by atoms with Crippen LogP contribution in [0.15, 0.2) is 12.2 Å². The van der Waals surface area contributed by atoms with Crippen LogP contribution in [0.3, 0.4) is 0 Å². The predicted molar refractivity (Wildman–Crippen MR) is 52.9 cm³/mol. The summed E-state index contributed by atoms with van der Waals surface area (Å²) in [4.78, 5) is 0. The van der Waals surface area contributed by atoms with Crippen molar-refractivity contribution in [2.45, 2.75) is 44.0 Å². The van der Waals surface area contributed by atoms with Gasteiger partial charge in [-0.1, -0.05) is 12.2 Å². The second-order valence-electron chi connectivity index (χ2n) is 4.41. The van der Waals surface area contributed by atoms with Crippen LogP contribution in [0.4, 0.5) is 0 Å². The highest BCUT2D eigenvalue weighted by Gasteiger charge is 2.48. The van der Waals surface area contributed by atoms with Crippen molar-refractivity contribution in [3.63, 3.8) is 0 Å². The maximum atomic E-state index is 8.71. The largest absolute Gasteiger partial charge is 0.392 e. The first-order valence-electron chi connectivity index (χ1n) is 5.31. The minimum Gasteiger partial charge on any atom is -0.392 e. The minimum atomic E-state index is -0.340. The van der Waals surface area contributed by atoms with Gasteiger partial charge < -0.3 is 14.6 Å². The van der Waals surface area contributed by atoms with E-state index in [4.69, 9.17) is 14.6 Å². The number of rotatable bonds is 2. The maximum absolute atomic E-state index is 8.71. The molecule has 1 saturated carbocycles. The standard InChI is InChI=1S/C11H18O3/c1-10(5-4-8-12)9-13-11(14-10)6-2-3-7-11/h4-5,12H,2-3,6-9H2,1H3/b5-4+/t10-/m1/s1. The molecule has 2 aliphatic rings. The Morgan fingerprint density at radius 3 is 2.71 bits per heavy atom. The Morgan fingerprint density at radius 2 is 2.07 bits per heavy atom. The molecule has 3 heteroatoms. The van der Waals surface area contributed by atoms with Gasteiger partial charge in [-0.15, -0.1) is 0 Å². The number of hydrogen-bond acceptors (Lipinski definition) is 3. The molecule has 2 rings (SSSR count). The van der Waals surface area contributed by atoms with Crippen molar-refractivity contribution in [1.29, 1.82) is 0 Å². The predicted octanol–water partition coefficient (Wildman–Crippen LogP) is 1.61. The molecule has 80 valence electrons. The van der Waals surface area contributed by atoms with Gasteiger partial charge in [0.1, 0.15) is 5.60 Å². The maximum Gasteiger partial charge on any atom is 0.169 e. The number of aliphatic hydroxyl groups is 1. The highest BCUT2D eigenvalue weighted by molar-refractivity contribution is 5.04. The van der Waals surface area contributed by atoms with Crippen LogP contribution in [0.1, 0.15) is 32.6 Å². The summed E-state index contributed by atoms with van der Waals surface area (Å²) < 4.78 is 11.7. The third-order valence-corrected chi connectivity index (χ3v) is 2.98. The van der Waals surface area contributed by atoms with Crippen molar-refractivity contribution in [2.24, 2.45) is 0 Å². The molecular weight excluding hydrogens is 180 g/mol. The summed E-state index contributed by atoms with van der Waals surface area (Å²) >= 11 is 0. The second kappa shape index (κ2) is 3.65. The smallest absolute Gasteiger partial charge is 0.169 e. The van der Waals surface area contributed by atoms with E-state index in [0.29, 0.717) is 6.61 Å². The van der Waals surface area contributed by atoms with Crippen LogP contribution < -0.4 is 0 Å². The summed E-state index contributed by atoms with van der Waals surface area (Å²) in [5.41, 5.74) is -0.340. The van der Waals surface area contributed by atoms with Crippen LogP contribution >= 0.6 is 0 Å². The Hall–Kier alpha value is -0.380. The average Bonchev–Trinajstić information content (AvgIpc) is 2.74. The number of aliphatic hydroxyl groups excluding tert-OH is 1. The van der Waals surface area contributed by atoms with Gasteiger partial charge in [0.15, 0.2) is 5.79 Å². The van der Waals surface area contributed by atoms with Crippen molar-refractivity contribution in [1.82, 2.24) is 0 Å². The Bertz CT molecular complexity index is 231. The van der Waals surface area contributed by atoms with Gasteiger partial charge in [-0.3, -0.25) is 0 Å². The van der Waals surface area contributed by atoms with Crippen molar-refractivity contribution in [3.05, 3.63) is 12.2 Å². The van der Waals surface area contributed by atoms with Gasteiger partial charge in [0, 0.05) is 12.8 Å². The van der Waals surface area contributed by atoms with E-state index in [1.54, 1.807) is 6.08 Å². The summed E-state index contributed by atoms with van der Waals surface area (Å²) in [6.45, 7) is 2.67. The monoisotopic (exact) mass is 198 g/mol. The first-order chi connectivity index (χ1) is 6.68. The van der Waals surface area contributed by atoms with Crippen LogP contribution in [-0.4, -0.2) is 29.7 Å². The van der Waals surface area contributed by atoms with E-state index in [9.17, 15) is 0 Å². The Morgan fingerprint density at radius 1 is 1.36 bits per heavy atom. The highest BCUT2D eigenvalue weighted by atomic mass is 16.8. The van der Waals surface area contributed by atoms with Gasteiger partial charge in [0.05, 0.1) is 13.2 Å². The third-order valence-electron chi connectivity index (χ3n) is 2.98. The molecule has 1 saturated heterocycles. The van der Waals surface area contributed by atoms with Crippen LogP contribution in [0.25, 0.3) is 0 Å². The zero-order valence-electron chi connectivity index (χ0n) is 8.66. The zero-order chi connectivity index (χ0) is 10.1. The second-order valence-corrected chi connectivity index (χ2v) is 4.41. The first-order valence-corrected chi connectivity index (χ1v) is 5.31. The molecule has 1 heterocycles. The summed E-state index contributed by atoms with van der Waals surface area (Å²) in [5, 5.41) is 8.71. The summed E-state index contributed by atoms with van der Waals surface area (Å²) in [7, 11) is 0. The molecule has 3 nitrogen and oxygen atoms in total. The van der Waals surface area contributed by atoms with E-state index in [2.05, 4.69) is 0 Å². The number of ether oxygens (including phenoxy) is 2. The molecule has 0 aromatic rings. The van der Waals surface area contributed by atoms with Crippen LogP contribution in [0.5, 0.6) is 0 Å². The van der Waals surface area contributed by atoms with Gasteiger partial charge in [-0.25, -0.2) is 0 Å². The Labute approximate surface area is 84.7 Å². The molecule has 0 unspecified atom stereocenters. The fraction of sp³-hybridized carbons (Fsp3) is 0.818. The topological polar surface area (TPSA) is 38.7 Å². The molecule has 1 spiro atoms. The van der Waals surface area contributed by atoms with E-state index >= 15 is 0 Å². The number of hydrogen-bond donors (Lipinski definition) is 1. The fourth-order valence-corrected chi connectivity index (χ4v) is 2.30. The lowest BCUT2D eigenvalue weighted by atomic mass is 10.1. The van der Waals surface area contributed by atoms with Crippen LogP contribution in [0, 0.1) is 0 Å². The molecule has 0 aromatic carbocycles.